The first-order valence-corrected chi connectivity index (χ1v) is 11.6. The SMILES string of the molecule is CC1CCCOc2cc(F)c(N3CCN(C)CC3)cc2C(=O)Nc2cccc(n2)-c2nncn21. The summed E-state index contributed by atoms with van der Waals surface area (Å²) in [5.41, 5.74) is 1.32. The molecule has 5 rings (SSSR count). The van der Waals surface area contributed by atoms with Gasteiger partial charge in [0.15, 0.2) is 5.82 Å². The van der Waals surface area contributed by atoms with E-state index in [1.54, 1.807) is 18.5 Å². The number of pyridine rings is 1. The smallest absolute Gasteiger partial charge is 0.260 e. The van der Waals surface area contributed by atoms with Crippen LogP contribution in [0, 0.1) is 5.82 Å². The summed E-state index contributed by atoms with van der Waals surface area (Å²) in [6.45, 7) is 5.49. The number of carbonyl (C=O) groups excluding carboxylic acids is 1. The maximum Gasteiger partial charge on any atom is 0.260 e. The number of hydrogen-bond donors (Lipinski definition) is 1. The predicted molar refractivity (Wildman–Crippen MR) is 127 cm³/mol. The number of benzene rings is 1. The third-order valence-electron chi connectivity index (χ3n) is 6.43. The highest BCUT2D eigenvalue weighted by atomic mass is 19.1. The minimum Gasteiger partial charge on any atom is -0.493 e. The normalized spacial score (nSPS) is 19.4. The zero-order valence-corrected chi connectivity index (χ0v) is 19.4. The fourth-order valence-corrected chi connectivity index (χ4v) is 4.39. The zero-order chi connectivity index (χ0) is 23.7. The quantitative estimate of drug-likeness (QED) is 0.590. The van der Waals surface area contributed by atoms with Crippen molar-refractivity contribution in [3.05, 3.63) is 48.0 Å². The van der Waals surface area contributed by atoms with Crippen molar-refractivity contribution in [3.63, 3.8) is 0 Å². The Labute approximate surface area is 197 Å². The van der Waals surface area contributed by atoms with Crippen LogP contribution in [-0.2, 0) is 0 Å². The van der Waals surface area contributed by atoms with E-state index in [9.17, 15) is 4.79 Å². The first kappa shape index (κ1) is 22.3. The number of nitrogens with zero attached hydrogens (tertiary/aromatic N) is 6. The molecule has 1 unspecified atom stereocenters. The fraction of sp³-hybridized carbons (Fsp3) is 0.417. The number of aromatic nitrogens is 4. The molecule has 2 aromatic heterocycles. The summed E-state index contributed by atoms with van der Waals surface area (Å²) in [6.07, 6.45) is 3.20. The van der Waals surface area contributed by atoms with E-state index in [4.69, 9.17) is 4.74 Å². The van der Waals surface area contributed by atoms with Crippen LogP contribution in [0.5, 0.6) is 5.75 Å². The first-order valence-electron chi connectivity index (χ1n) is 11.6. The highest BCUT2D eigenvalue weighted by Crippen LogP contribution is 2.31. The van der Waals surface area contributed by atoms with Gasteiger partial charge in [0.2, 0.25) is 0 Å². The van der Waals surface area contributed by atoms with Gasteiger partial charge in [-0.25, -0.2) is 9.37 Å². The molecule has 1 saturated heterocycles. The predicted octanol–water partition coefficient (Wildman–Crippen LogP) is 3.22. The van der Waals surface area contributed by atoms with Crippen LogP contribution >= 0.6 is 0 Å². The van der Waals surface area contributed by atoms with Gasteiger partial charge < -0.3 is 24.4 Å². The van der Waals surface area contributed by atoms with Crippen LogP contribution in [0.2, 0.25) is 0 Å². The van der Waals surface area contributed by atoms with E-state index in [1.165, 1.54) is 6.07 Å². The molecular weight excluding hydrogens is 437 g/mol. The lowest BCUT2D eigenvalue weighted by atomic mass is 10.1. The van der Waals surface area contributed by atoms with Crippen LogP contribution in [-0.4, -0.2) is 70.4 Å². The summed E-state index contributed by atoms with van der Waals surface area (Å²) < 4.78 is 23.0. The lowest BCUT2D eigenvalue weighted by Crippen LogP contribution is -2.44. The second kappa shape index (κ2) is 9.38. The Hall–Kier alpha value is -3.53. The van der Waals surface area contributed by atoms with Crippen LogP contribution in [0.1, 0.15) is 36.2 Å². The van der Waals surface area contributed by atoms with Gasteiger partial charge in [0.1, 0.15) is 29.4 Å². The van der Waals surface area contributed by atoms with E-state index in [0.717, 1.165) is 25.9 Å². The second-order valence-corrected chi connectivity index (χ2v) is 8.85. The van der Waals surface area contributed by atoms with Gasteiger partial charge in [-0.05, 0) is 45.0 Å². The van der Waals surface area contributed by atoms with Crippen molar-refractivity contribution in [1.82, 2.24) is 24.6 Å². The Bertz CT molecular complexity index is 1190. The van der Waals surface area contributed by atoms with Gasteiger partial charge >= 0.3 is 0 Å². The van der Waals surface area contributed by atoms with Crippen molar-refractivity contribution in [1.29, 1.82) is 0 Å². The van der Waals surface area contributed by atoms with E-state index in [2.05, 4.69) is 32.3 Å². The molecule has 4 heterocycles. The summed E-state index contributed by atoms with van der Waals surface area (Å²) in [5.74, 6) is 0.458. The van der Waals surface area contributed by atoms with Crippen molar-refractivity contribution in [2.24, 2.45) is 0 Å². The number of ether oxygens (including phenoxy) is 1. The van der Waals surface area contributed by atoms with Crippen LogP contribution in [0.4, 0.5) is 15.9 Å². The number of fused-ring (bicyclic) bond motifs is 5. The second-order valence-electron chi connectivity index (χ2n) is 8.85. The third kappa shape index (κ3) is 4.45. The number of anilines is 2. The number of hydrogen-bond acceptors (Lipinski definition) is 7. The molecule has 34 heavy (non-hydrogen) atoms. The molecule has 10 heteroatoms. The summed E-state index contributed by atoms with van der Waals surface area (Å²) in [7, 11) is 2.04. The molecule has 0 radical (unpaired) electrons. The molecule has 1 fully saturated rings. The number of amides is 1. The summed E-state index contributed by atoms with van der Waals surface area (Å²) in [5, 5.41) is 11.1. The molecule has 0 aliphatic carbocycles. The van der Waals surface area contributed by atoms with E-state index in [1.807, 2.05) is 28.6 Å². The molecule has 178 valence electrons. The number of halogens is 1. The average molecular weight is 466 g/mol. The highest BCUT2D eigenvalue weighted by molar-refractivity contribution is 6.06. The van der Waals surface area contributed by atoms with E-state index in [0.29, 0.717) is 42.7 Å². The lowest BCUT2D eigenvalue weighted by Gasteiger charge is -2.34. The molecule has 3 aromatic rings. The Morgan fingerprint density at radius 2 is 2.00 bits per heavy atom. The van der Waals surface area contributed by atoms with E-state index >= 15 is 4.39 Å². The molecule has 1 atom stereocenters. The fourth-order valence-electron chi connectivity index (χ4n) is 4.39. The van der Waals surface area contributed by atoms with Gasteiger partial charge in [0, 0.05) is 38.3 Å². The molecular formula is C24H28FN7O2. The van der Waals surface area contributed by atoms with Gasteiger partial charge in [-0.15, -0.1) is 10.2 Å². The molecule has 1 amide bonds. The topological polar surface area (TPSA) is 88.4 Å². The molecule has 9 nitrogen and oxygen atoms in total. The molecule has 1 N–H and O–H groups in total. The van der Waals surface area contributed by atoms with Crippen molar-refractivity contribution in [2.75, 3.05) is 50.1 Å². The molecule has 2 bridgehead atoms. The molecule has 0 spiro atoms. The van der Waals surface area contributed by atoms with Gasteiger partial charge in [0.05, 0.1) is 17.9 Å². The van der Waals surface area contributed by atoms with E-state index in [-0.39, 0.29) is 23.2 Å². The average Bonchev–Trinajstić information content (AvgIpc) is 3.32. The maximum atomic E-state index is 15.1. The highest BCUT2D eigenvalue weighted by Gasteiger charge is 2.24. The Kier molecular flexibility index (Phi) is 6.14. The van der Waals surface area contributed by atoms with Gasteiger partial charge in [0.25, 0.3) is 5.91 Å². The van der Waals surface area contributed by atoms with Crippen molar-refractivity contribution < 1.29 is 13.9 Å². The van der Waals surface area contributed by atoms with Gasteiger partial charge in [-0.2, -0.15) is 0 Å². The largest absolute Gasteiger partial charge is 0.493 e. The summed E-state index contributed by atoms with van der Waals surface area (Å²) in [4.78, 5) is 22.1. The van der Waals surface area contributed by atoms with Crippen LogP contribution < -0.4 is 15.0 Å². The molecule has 2 aliphatic rings. The number of nitrogens with one attached hydrogen (secondary N) is 1. The Balaban J connectivity index is 1.52. The van der Waals surface area contributed by atoms with Gasteiger partial charge in [-0.1, -0.05) is 6.07 Å². The van der Waals surface area contributed by atoms with E-state index < -0.39 is 5.91 Å². The minimum atomic E-state index is -0.401. The summed E-state index contributed by atoms with van der Waals surface area (Å²) >= 11 is 0. The maximum absolute atomic E-state index is 15.1. The standard InChI is InChI=1S/C24H28FN7O2/c1-16-5-4-12-34-21-14-18(25)20(31-10-8-30(2)9-11-31)13-17(21)24(33)28-22-7-3-6-19(27-22)23-29-26-15-32(16)23/h3,6-7,13-16H,4-5,8-12H2,1-2H3,(H,27,28,33). The molecule has 0 saturated carbocycles. The Morgan fingerprint density at radius 3 is 2.82 bits per heavy atom. The van der Waals surface area contributed by atoms with Crippen LogP contribution in [0.15, 0.2) is 36.7 Å². The molecule has 1 aromatic carbocycles. The van der Waals surface area contributed by atoms with Crippen molar-refractivity contribution in [2.45, 2.75) is 25.8 Å². The Morgan fingerprint density at radius 1 is 1.18 bits per heavy atom. The minimum absolute atomic E-state index is 0.118. The first-order chi connectivity index (χ1) is 16.5. The number of rotatable bonds is 1. The van der Waals surface area contributed by atoms with Crippen molar-refractivity contribution in [3.8, 4) is 17.3 Å². The summed E-state index contributed by atoms with van der Waals surface area (Å²) in [6, 6.07) is 8.41. The lowest BCUT2D eigenvalue weighted by molar-refractivity contribution is 0.102. The number of carbonyl (C=O) groups is 1. The monoisotopic (exact) mass is 465 g/mol. The van der Waals surface area contributed by atoms with Crippen LogP contribution in [0.3, 0.4) is 0 Å². The van der Waals surface area contributed by atoms with Crippen LogP contribution in [0.25, 0.3) is 11.5 Å². The van der Waals surface area contributed by atoms with Crippen molar-refractivity contribution >= 4 is 17.4 Å². The third-order valence-corrected chi connectivity index (χ3v) is 6.43. The van der Waals surface area contributed by atoms with Gasteiger partial charge in [-0.3, -0.25) is 4.79 Å². The molecule has 2 aliphatic heterocycles. The number of likely N-dealkylation sites (N-methyl/N-ethyl adjacent to an activating group) is 1. The zero-order valence-electron chi connectivity index (χ0n) is 19.4. The number of piperazine rings is 1.